The first-order valence-corrected chi connectivity index (χ1v) is 8.86. The van der Waals surface area contributed by atoms with E-state index in [1.165, 1.54) is 23.5 Å². The van der Waals surface area contributed by atoms with Gasteiger partial charge in [-0.05, 0) is 30.0 Å². The zero-order valence-corrected chi connectivity index (χ0v) is 15.4. The highest BCUT2D eigenvalue weighted by Crippen LogP contribution is 2.31. The quantitative estimate of drug-likeness (QED) is 0.398. The Kier molecular flexibility index (Phi) is 5.33. The summed E-state index contributed by atoms with van der Waals surface area (Å²) >= 11 is 1.28. The Morgan fingerprint density at radius 2 is 2.04 bits per heavy atom. The summed E-state index contributed by atoms with van der Waals surface area (Å²) in [5.41, 5.74) is 0.566. The van der Waals surface area contributed by atoms with Crippen molar-refractivity contribution in [2.24, 2.45) is 0 Å². The zero-order valence-electron chi connectivity index (χ0n) is 14.6. The van der Waals surface area contributed by atoms with Crippen LogP contribution in [-0.4, -0.2) is 23.4 Å². The van der Waals surface area contributed by atoms with Crippen LogP contribution >= 0.6 is 11.3 Å². The molecule has 8 nitrogen and oxygen atoms in total. The molecule has 3 rings (SSSR count). The molecule has 1 aromatic heterocycles. The first kappa shape index (κ1) is 19.0. The van der Waals surface area contributed by atoms with Gasteiger partial charge in [-0.25, -0.2) is 4.79 Å². The van der Waals surface area contributed by atoms with Gasteiger partial charge >= 0.3 is 5.97 Å². The zero-order chi connectivity index (χ0) is 20.3. The number of non-ortho nitro benzene ring substituents is 1. The number of carbonyl (C=O) groups excluding carboxylic acids is 2. The van der Waals surface area contributed by atoms with Gasteiger partial charge in [0.25, 0.3) is 11.6 Å². The second-order valence-electron chi connectivity index (χ2n) is 5.78. The number of fused-ring (bicyclic) bond motifs is 1. The van der Waals surface area contributed by atoms with Gasteiger partial charge < -0.3 is 10.1 Å². The molecule has 0 saturated carbocycles. The normalized spacial score (nSPS) is 10.3. The highest BCUT2D eigenvalue weighted by atomic mass is 32.1. The van der Waals surface area contributed by atoms with Crippen LogP contribution in [0.15, 0.2) is 42.5 Å². The number of nitriles is 1. The van der Waals surface area contributed by atoms with E-state index in [1.54, 1.807) is 6.07 Å². The second-order valence-corrected chi connectivity index (χ2v) is 6.83. The van der Waals surface area contributed by atoms with E-state index >= 15 is 0 Å². The summed E-state index contributed by atoms with van der Waals surface area (Å²) in [6, 6.07) is 12.8. The molecule has 0 fully saturated rings. The lowest BCUT2D eigenvalue weighted by molar-refractivity contribution is -0.384. The molecule has 1 heterocycles. The van der Waals surface area contributed by atoms with Crippen LogP contribution in [0.1, 0.15) is 20.8 Å². The minimum atomic E-state index is -0.655. The van der Waals surface area contributed by atoms with E-state index in [-0.39, 0.29) is 16.9 Å². The van der Waals surface area contributed by atoms with Crippen molar-refractivity contribution in [2.75, 3.05) is 11.9 Å². The number of nitro benzene ring substituents is 1. The molecule has 2 aromatic carbocycles. The number of aryl methyl sites for hydroxylation is 1. The number of nitro groups is 1. The molecule has 140 valence electrons. The van der Waals surface area contributed by atoms with Crippen molar-refractivity contribution >= 4 is 44.7 Å². The molecular formula is C19H13N3O5S. The number of hydrogen-bond acceptors (Lipinski definition) is 7. The van der Waals surface area contributed by atoms with Crippen LogP contribution in [-0.2, 0) is 9.53 Å². The molecule has 0 radical (unpaired) electrons. The lowest BCUT2D eigenvalue weighted by Crippen LogP contribution is -2.21. The van der Waals surface area contributed by atoms with E-state index in [2.05, 4.69) is 5.32 Å². The van der Waals surface area contributed by atoms with Crippen LogP contribution in [0.3, 0.4) is 0 Å². The van der Waals surface area contributed by atoms with Crippen LogP contribution in [0.4, 0.5) is 11.4 Å². The Bertz CT molecular complexity index is 1150. The number of ether oxygens (including phenoxy) is 1. The van der Waals surface area contributed by atoms with Crippen LogP contribution in [0.2, 0.25) is 0 Å². The second kappa shape index (κ2) is 7.85. The van der Waals surface area contributed by atoms with Gasteiger partial charge in [-0.1, -0.05) is 18.2 Å². The Morgan fingerprint density at radius 3 is 2.71 bits per heavy atom. The van der Waals surface area contributed by atoms with Gasteiger partial charge in [-0.2, -0.15) is 5.26 Å². The summed E-state index contributed by atoms with van der Waals surface area (Å²) < 4.78 is 6.02. The molecule has 0 bridgehead atoms. The molecule has 0 spiro atoms. The number of thiophene rings is 1. The van der Waals surface area contributed by atoms with Gasteiger partial charge in [-0.15, -0.1) is 11.3 Å². The summed E-state index contributed by atoms with van der Waals surface area (Å²) in [6.45, 7) is 1.26. The molecular weight excluding hydrogens is 382 g/mol. The molecule has 0 aliphatic rings. The Morgan fingerprint density at radius 1 is 1.29 bits per heavy atom. The minimum absolute atomic E-state index is 0.0609. The van der Waals surface area contributed by atoms with Gasteiger partial charge in [0, 0.05) is 16.8 Å². The van der Waals surface area contributed by atoms with E-state index in [0.29, 0.717) is 4.88 Å². The average molecular weight is 395 g/mol. The Labute approximate surface area is 163 Å². The summed E-state index contributed by atoms with van der Waals surface area (Å²) in [6.07, 6.45) is 0. The number of carbonyl (C=O) groups is 2. The largest absolute Gasteiger partial charge is 0.451 e. The van der Waals surface area contributed by atoms with Crippen molar-refractivity contribution in [3.8, 4) is 6.07 Å². The Balaban J connectivity index is 1.67. The molecule has 3 aromatic rings. The summed E-state index contributed by atoms with van der Waals surface area (Å²) in [5, 5.41) is 23.2. The number of benzene rings is 2. The van der Waals surface area contributed by atoms with Crippen LogP contribution in [0.5, 0.6) is 0 Å². The molecule has 9 heteroatoms. The van der Waals surface area contributed by atoms with E-state index in [9.17, 15) is 19.7 Å². The lowest BCUT2D eigenvalue weighted by Gasteiger charge is -2.07. The van der Waals surface area contributed by atoms with E-state index in [1.807, 2.05) is 31.2 Å². The molecule has 0 saturated heterocycles. The molecule has 0 unspecified atom stereocenters. The maximum atomic E-state index is 12.3. The van der Waals surface area contributed by atoms with Crippen molar-refractivity contribution in [1.82, 2.24) is 0 Å². The van der Waals surface area contributed by atoms with Crippen molar-refractivity contribution in [3.63, 3.8) is 0 Å². The number of hydrogen-bond donors (Lipinski definition) is 1. The van der Waals surface area contributed by atoms with Gasteiger partial charge in [0.2, 0.25) is 0 Å². The van der Waals surface area contributed by atoms with Crippen molar-refractivity contribution in [1.29, 1.82) is 5.26 Å². The Hall–Kier alpha value is -3.77. The highest BCUT2D eigenvalue weighted by Gasteiger charge is 2.18. The summed E-state index contributed by atoms with van der Waals surface area (Å²) in [4.78, 5) is 34.9. The standard InChI is InChI=1S/C19H13N3O5S/c1-11-14-4-2-3-5-16(14)28-18(11)19(24)27-10-17(23)21-15-7-6-13(22(25)26)8-12(15)9-20/h2-8H,10H2,1H3,(H,21,23). The van der Waals surface area contributed by atoms with Crippen LogP contribution < -0.4 is 5.32 Å². The summed E-state index contributed by atoms with van der Waals surface area (Å²) in [7, 11) is 0. The van der Waals surface area contributed by atoms with Gasteiger partial charge in [0.1, 0.15) is 10.9 Å². The van der Waals surface area contributed by atoms with E-state index < -0.39 is 23.4 Å². The first-order chi connectivity index (χ1) is 13.4. The average Bonchev–Trinajstić information content (AvgIpc) is 3.03. The minimum Gasteiger partial charge on any atom is -0.451 e. The third kappa shape index (κ3) is 3.82. The highest BCUT2D eigenvalue weighted by molar-refractivity contribution is 7.21. The number of rotatable bonds is 5. The van der Waals surface area contributed by atoms with Crippen LogP contribution in [0, 0.1) is 28.4 Å². The fourth-order valence-corrected chi connectivity index (χ4v) is 3.70. The number of esters is 1. The maximum Gasteiger partial charge on any atom is 0.349 e. The van der Waals surface area contributed by atoms with E-state index in [0.717, 1.165) is 21.7 Å². The van der Waals surface area contributed by atoms with Gasteiger partial charge in [0.15, 0.2) is 6.61 Å². The number of amides is 1. The molecule has 0 atom stereocenters. The SMILES string of the molecule is Cc1c(C(=O)OCC(=O)Nc2ccc([N+](=O)[O-])cc2C#N)sc2ccccc12. The molecule has 1 N–H and O–H groups in total. The summed E-state index contributed by atoms with van der Waals surface area (Å²) in [5.74, 6) is -1.27. The molecule has 1 amide bonds. The maximum absolute atomic E-state index is 12.3. The number of nitrogens with zero attached hydrogens (tertiary/aromatic N) is 2. The van der Waals surface area contributed by atoms with Crippen molar-refractivity contribution in [2.45, 2.75) is 6.92 Å². The van der Waals surface area contributed by atoms with Crippen molar-refractivity contribution in [3.05, 3.63) is 68.6 Å². The monoisotopic (exact) mass is 395 g/mol. The van der Waals surface area contributed by atoms with Gasteiger partial charge in [0.05, 0.1) is 16.2 Å². The first-order valence-electron chi connectivity index (χ1n) is 8.04. The molecule has 0 aliphatic heterocycles. The number of anilines is 1. The van der Waals surface area contributed by atoms with Crippen molar-refractivity contribution < 1.29 is 19.2 Å². The fourth-order valence-electron chi connectivity index (χ4n) is 2.60. The third-order valence-corrected chi connectivity index (χ3v) is 5.22. The lowest BCUT2D eigenvalue weighted by atomic mass is 10.1. The number of nitrogens with one attached hydrogen (secondary N) is 1. The smallest absolute Gasteiger partial charge is 0.349 e. The third-order valence-electron chi connectivity index (χ3n) is 3.97. The molecule has 0 aliphatic carbocycles. The van der Waals surface area contributed by atoms with E-state index in [4.69, 9.17) is 10.00 Å². The van der Waals surface area contributed by atoms with Gasteiger partial charge in [-0.3, -0.25) is 14.9 Å². The molecule has 28 heavy (non-hydrogen) atoms. The predicted octanol–water partition coefficient (Wildman–Crippen LogP) is 3.79. The fraction of sp³-hybridized carbons (Fsp3) is 0.105. The predicted molar refractivity (Wildman–Crippen MR) is 103 cm³/mol. The topological polar surface area (TPSA) is 122 Å². The van der Waals surface area contributed by atoms with Crippen LogP contribution in [0.25, 0.3) is 10.1 Å².